The standard InChI is InChI=1S/C27H26N2O5S/c1-18-22(29-27(34-18)20-6-3-2-4-7-20)13-14-33-23-11-9-19(10-12-25(30)31)16-21(23)17-28-26(32)24-8-5-15-35-24/h2-9,11,15-16H,10,12-14,17H2,1H3,(H,28,32)(H,30,31). The van der Waals surface area contributed by atoms with Gasteiger partial charge in [0.25, 0.3) is 5.91 Å². The van der Waals surface area contributed by atoms with Gasteiger partial charge in [-0.3, -0.25) is 9.59 Å². The summed E-state index contributed by atoms with van der Waals surface area (Å²) in [5.41, 5.74) is 3.41. The number of amides is 1. The Kier molecular flexibility index (Phi) is 7.95. The van der Waals surface area contributed by atoms with Gasteiger partial charge < -0.3 is 19.6 Å². The summed E-state index contributed by atoms with van der Waals surface area (Å²) in [6.45, 7) is 2.54. The number of carbonyl (C=O) groups is 2. The van der Waals surface area contributed by atoms with Crippen molar-refractivity contribution in [1.82, 2.24) is 10.3 Å². The highest BCUT2D eigenvalue weighted by Crippen LogP contribution is 2.24. The number of aromatic nitrogens is 1. The molecule has 0 atom stereocenters. The Balaban J connectivity index is 1.43. The summed E-state index contributed by atoms with van der Waals surface area (Å²) in [5.74, 6) is 0.960. The van der Waals surface area contributed by atoms with Crippen LogP contribution in [0.4, 0.5) is 0 Å². The summed E-state index contributed by atoms with van der Waals surface area (Å²) < 4.78 is 11.9. The van der Waals surface area contributed by atoms with E-state index in [2.05, 4.69) is 10.3 Å². The molecule has 0 spiro atoms. The number of carboxylic acids is 1. The van der Waals surface area contributed by atoms with Crippen LogP contribution in [0.1, 0.15) is 38.7 Å². The quantitative estimate of drug-likeness (QED) is 0.297. The summed E-state index contributed by atoms with van der Waals surface area (Å²) >= 11 is 1.37. The van der Waals surface area contributed by atoms with E-state index in [0.717, 1.165) is 28.1 Å². The predicted molar refractivity (Wildman–Crippen MR) is 134 cm³/mol. The van der Waals surface area contributed by atoms with E-state index < -0.39 is 5.97 Å². The van der Waals surface area contributed by atoms with Crippen molar-refractivity contribution in [2.45, 2.75) is 32.7 Å². The maximum Gasteiger partial charge on any atom is 0.303 e. The van der Waals surface area contributed by atoms with Crippen LogP contribution in [0.2, 0.25) is 0 Å². The van der Waals surface area contributed by atoms with E-state index in [0.29, 0.717) is 36.0 Å². The van der Waals surface area contributed by atoms with Crippen molar-refractivity contribution < 1.29 is 23.8 Å². The van der Waals surface area contributed by atoms with Crippen LogP contribution in [0.15, 0.2) is 70.5 Å². The largest absolute Gasteiger partial charge is 0.493 e. The Morgan fingerprint density at radius 1 is 1.09 bits per heavy atom. The van der Waals surface area contributed by atoms with Gasteiger partial charge in [-0.1, -0.05) is 36.4 Å². The lowest BCUT2D eigenvalue weighted by Gasteiger charge is -2.14. The Morgan fingerprint density at radius 2 is 1.91 bits per heavy atom. The molecule has 4 aromatic rings. The fourth-order valence-electron chi connectivity index (χ4n) is 3.61. The molecule has 0 aliphatic carbocycles. The summed E-state index contributed by atoms with van der Waals surface area (Å²) in [7, 11) is 0. The molecule has 0 radical (unpaired) electrons. The van der Waals surface area contributed by atoms with Crippen LogP contribution in [0.3, 0.4) is 0 Å². The number of aliphatic carboxylic acids is 1. The molecule has 0 aliphatic heterocycles. The van der Waals surface area contributed by atoms with E-state index in [1.165, 1.54) is 11.3 Å². The molecular weight excluding hydrogens is 464 g/mol. The lowest BCUT2D eigenvalue weighted by Crippen LogP contribution is -2.22. The van der Waals surface area contributed by atoms with Crippen molar-refractivity contribution in [3.63, 3.8) is 0 Å². The molecule has 0 saturated carbocycles. The van der Waals surface area contributed by atoms with Crippen LogP contribution in [0, 0.1) is 6.92 Å². The molecule has 2 N–H and O–H groups in total. The molecule has 180 valence electrons. The molecule has 1 amide bonds. The highest BCUT2D eigenvalue weighted by Gasteiger charge is 2.14. The average molecular weight is 491 g/mol. The van der Waals surface area contributed by atoms with Gasteiger partial charge in [0.2, 0.25) is 5.89 Å². The van der Waals surface area contributed by atoms with E-state index in [-0.39, 0.29) is 18.9 Å². The van der Waals surface area contributed by atoms with Gasteiger partial charge in [-0.15, -0.1) is 11.3 Å². The zero-order chi connectivity index (χ0) is 24.6. The number of rotatable bonds is 11. The van der Waals surface area contributed by atoms with Crippen LogP contribution >= 0.6 is 11.3 Å². The van der Waals surface area contributed by atoms with E-state index in [1.807, 2.05) is 66.9 Å². The Morgan fingerprint density at radius 3 is 2.66 bits per heavy atom. The van der Waals surface area contributed by atoms with Gasteiger partial charge in [0, 0.05) is 30.5 Å². The maximum atomic E-state index is 12.4. The molecule has 0 aliphatic rings. The number of thiophene rings is 1. The fourth-order valence-corrected chi connectivity index (χ4v) is 4.25. The minimum Gasteiger partial charge on any atom is -0.493 e. The molecule has 8 heteroatoms. The van der Waals surface area contributed by atoms with Crippen molar-refractivity contribution in [2.75, 3.05) is 6.61 Å². The van der Waals surface area contributed by atoms with Gasteiger partial charge in [-0.05, 0) is 48.6 Å². The van der Waals surface area contributed by atoms with E-state index >= 15 is 0 Å². The van der Waals surface area contributed by atoms with Crippen molar-refractivity contribution in [2.24, 2.45) is 0 Å². The number of hydrogen-bond acceptors (Lipinski definition) is 6. The SMILES string of the molecule is Cc1oc(-c2ccccc2)nc1CCOc1ccc(CCC(=O)O)cc1CNC(=O)c1cccs1. The van der Waals surface area contributed by atoms with Crippen molar-refractivity contribution in [3.05, 3.63) is 93.5 Å². The average Bonchev–Trinajstić information content (AvgIpc) is 3.53. The highest BCUT2D eigenvalue weighted by atomic mass is 32.1. The van der Waals surface area contributed by atoms with Crippen LogP contribution in [0.25, 0.3) is 11.5 Å². The van der Waals surface area contributed by atoms with E-state index in [9.17, 15) is 9.59 Å². The summed E-state index contributed by atoms with van der Waals surface area (Å²) in [6.07, 6.45) is 1.00. The van der Waals surface area contributed by atoms with Gasteiger partial charge in [-0.2, -0.15) is 0 Å². The number of nitrogens with zero attached hydrogens (tertiary/aromatic N) is 1. The first-order valence-corrected chi connectivity index (χ1v) is 12.2. The van der Waals surface area contributed by atoms with Crippen molar-refractivity contribution in [1.29, 1.82) is 0 Å². The Hall–Kier alpha value is -3.91. The normalized spacial score (nSPS) is 10.8. The summed E-state index contributed by atoms with van der Waals surface area (Å²) in [5, 5.41) is 13.8. The third-order valence-corrected chi connectivity index (χ3v) is 6.32. The summed E-state index contributed by atoms with van der Waals surface area (Å²) in [4.78, 5) is 28.6. The van der Waals surface area contributed by atoms with Gasteiger partial charge in [-0.25, -0.2) is 4.98 Å². The van der Waals surface area contributed by atoms with Crippen LogP contribution in [-0.2, 0) is 24.2 Å². The molecule has 7 nitrogen and oxygen atoms in total. The number of carboxylic acid groups (broad SMARTS) is 1. The molecule has 0 fully saturated rings. The van der Waals surface area contributed by atoms with E-state index in [1.54, 1.807) is 6.07 Å². The third-order valence-electron chi connectivity index (χ3n) is 5.45. The van der Waals surface area contributed by atoms with Crippen LogP contribution in [0.5, 0.6) is 5.75 Å². The number of hydrogen-bond donors (Lipinski definition) is 2. The molecule has 0 unspecified atom stereocenters. The highest BCUT2D eigenvalue weighted by molar-refractivity contribution is 7.12. The molecule has 4 rings (SSSR count). The minimum absolute atomic E-state index is 0.0381. The summed E-state index contributed by atoms with van der Waals surface area (Å²) in [6, 6.07) is 18.9. The smallest absolute Gasteiger partial charge is 0.303 e. The zero-order valence-corrected chi connectivity index (χ0v) is 20.1. The molecule has 35 heavy (non-hydrogen) atoms. The Bertz CT molecular complexity index is 1280. The number of nitrogens with one attached hydrogen (secondary N) is 1. The first-order valence-electron chi connectivity index (χ1n) is 11.3. The second kappa shape index (κ2) is 11.5. The van der Waals surface area contributed by atoms with Crippen LogP contribution in [-0.4, -0.2) is 28.6 Å². The lowest BCUT2D eigenvalue weighted by molar-refractivity contribution is -0.136. The van der Waals surface area contributed by atoms with Crippen LogP contribution < -0.4 is 10.1 Å². The van der Waals surface area contributed by atoms with Crippen molar-refractivity contribution >= 4 is 23.2 Å². The second-order valence-corrected chi connectivity index (χ2v) is 8.93. The number of aryl methyl sites for hydroxylation is 2. The molecule has 2 heterocycles. The van der Waals surface area contributed by atoms with Gasteiger partial charge in [0.15, 0.2) is 0 Å². The zero-order valence-electron chi connectivity index (χ0n) is 19.3. The third kappa shape index (κ3) is 6.58. The number of ether oxygens (including phenoxy) is 1. The molecule has 2 aromatic carbocycles. The Labute approximate surface area is 207 Å². The maximum absolute atomic E-state index is 12.4. The lowest BCUT2D eigenvalue weighted by atomic mass is 10.1. The van der Waals surface area contributed by atoms with Crippen molar-refractivity contribution in [3.8, 4) is 17.2 Å². The minimum atomic E-state index is -0.851. The molecular formula is C27H26N2O5S. The number of benzene rings is 2. The first-order chi connectivity index (χ1) is 17.0. The fraction of sp³-hybridized carbons (Fsp3) is 0.222. The topological polar surface area (TPSA) is 102 Å². The van der Waals surface area contributed by atoms with E-state index in [4.69, 9.17) is 14.3 Å². The molecule has 2 aromatic heterocycles. The molecule has 0 saturated heterocycles. The monoisotopic (exact) mass is 490 g/mol. The van der Waals surface area contributed by atoms with Gasteiger partial charge in [0.1, 0.15) is 11.5 Å². The molecule has 0 bridgehead atoms. The number of oxazole rings is 1. The first kappa shape index (κ1) is 24.2. The number of carbonyl (C=O) groups excluding carboxylic acids is 1. The second-order valence-electron chi connectivity index (χ2n) is 7.98. The van der Waals surface area contributed by atoms with Gasteiger partial charge in [0.05, 0.1) is 17.2 Å². The predicted octanol–water partition coefficient (Wildman–Crippen LogP) is 5.28. The van der Waals surface area contributed by atoms with Gasteiger partial charge >= 0.3 is 5.97 Å².